The van der Waals surface area contributed by atoms with Crippen molar-refractivity contribution in [3.05, 3.63) is 35.4 Å². The molecule has 31 heavy (non-hydrogen) atoms. The van der Waals surface area contributed by atoms with E-state index < -0.39 is 5.97 Å². The first kappa shape index (κ1) is 22.7. The quantitative estimate of drug-likeness (QED) is 0.711. The highest BCUT2D eigenvalue weighted by Crippen LogP contribution is 2.30. The van der Waals surface area contributed by atoms with Crippen LogP contribution in [0.5, 0.6) is 0 Å². The Morgan fingerprint density at radius 3 is 2.55 bits per heavy atom. The van der Waals surface area contributed by atoms with E-state index in [9.17, 15) is 4.79 Å². The number of aryl methyl sites for hydroxylation is 1. The van der Waals surface area contributed by atoms with E-state index in [-0.39, 0.29) is 17.8 Å². The number of hydrogen-bond donors (Lipinski definition) is 1. The number of aromatic nitrogens is 3. The normalized spacial score (nSPS) is 14.8. The summed E-state index contributed by atoms with van der Waals surface area (Å²) in [6.45, 7) is 15.7. The van der Waals surface area contributed by atoms with E-state index >= 15 is 0 Å². The molecular weight excluding hydrogens is 392 g/mol. The lowest BCUT2D eigenvalue weighted by Crippen LogP contribution is -2.27. The molecule has 0 fully saturated rings. The molecule has 0 saturated heterocycles. The van der Waals surface area contributed by atoms with Crippen LogP contribution in [0.4, 0.5) is 11.4 Å². The third kappa shape index (κ3) is 4.84. The summed E-state index contributed by atoms with van der Waals surface area (Å²) in [4.78, 5) is 24.3. The van der Waals surface area contributed by atoms with Gasteiger partial charge in [0, 0.05) is 30.1 Å². The zero-order valence-corrected chi connectivity index (χ0v) is 19.5. The molecule has 3 rings (SSSR count). The first-order chi connectivity index (χ1) is 14.5. The van der Waals surface area contributed by atoms with Crippen LogP contribution in [-0.4, -0.2) is 50.5 Å². The predicted octanol–water partition coefficient (Wildman–Crippen LogP) is 4.40. The Bertz CT molecular complexity index is 1040. The third-order valence-electron chi connectivity index (χ3n) is 5.22. The number of benzene rings is 1. The van der Waals surface area contributed by atoms with Crippen molar-refractivity contribution in [2.45, 2.75) is 60.8 Å². The Kier molecular flexibility index (Phi) is 6.29. The van der Waals surface area contributed by atoms with Gasteiger partial charge in [0.2, 0.25) is 5.82 Å². The van der Waals surface area contributed by atoms with Crippen molar-refractivity contribution >= 4 is 28.8 Å². The molecule has 8 heteroatoms. The zero-order valence-electron chi connectivity index (χ0n) is 19.5. The van der Waals surface area contributed by atoms with Crippen molar-refractivity contribution in [2.75, 3.05) is 18.0 Å². The summed E-state index contributed by atoms with van der Waals surface area (Å²) in [5.74, 6) is 0.843. The molecule has 1 aromatic heterocycles. The fourth-order valence-electron chi connectivity index (χ4n) is 3.42. The minimum Gasteiger partial charge on any atom is -0.481 e. The average molecular weight is 425 g/mol. The summed E-state index contributed by atoms with van der Waals surface area (Å²) >= 11 is 0. The maximum atomic E-state index is 11.0. The van der Waals surface area contributed by atoms with Gasteiger partial charge in [-0.1, -0.05) is 34.6 Å². The van der Waals surface area contributed by atoms with Gasteiger partial charge in [0.1, 0.15) is 5.71 Å². The minimum atomic E-state index is -0.793. The Morgan fingerprint density at radius 2 is 2.00 bits per heavy atom. The van der Waals surface area contributed by atoms with Crippen LogP contribution in [-0.2, 0) is 4.79 Å². The van der Waals surface area contributed by atoms with Crippen molar-refractivity contribution in [3.8, 4) is 0 Å². The fourth-order valence-corrected chi connectivity index (χ4v) is 3.42. The largest absolute Gasteiger partial charge is 0.481 e. The van der Waals surface area contributed by atoms with E-state index in [1.54, 1.807) is 4.79 Å². The van der Waals surface area contributed by atoms with Crippen molar-refractivity contribution in [3.63, 3.8) is 0 Å². The topological polar surface area (TPSA) is 96.0 Å². The molecule has 1 N–H and O–H groups in total. The molecule has 1 aliphatic rings. The second-order valence-corrected chi connectivity index (χ2v) is 9.19. The lowest BCUT2D eigenvalue weighted by molar-refractivity contribution is -0.136. The first-order valence-electron chi connectivity index (χ1n) is 10.7. The van der Waals surface area contributed by atoms with Gasteiger partial charge in [0.15, 0.2) is 5.82 Å². The Labute approximate surface area is 183 Å². The molecule has 8 nitrogen and oxygen atoms in total. The highest BCUT2D eigenvalue weighted by Gasteiger charge is 2.35. The van der Waals surface area contributed by atoms with Gasteiger partial charge in [-0.3, -0.25) is 4.79 Å². The maximum Gasteiger partial charge on any atom is 0.305 e. The number of anilines is 1. The standard InChI is InChI=1S/C23H32N6O2/c1-8-28(12-11-18(30)31)16-9-10-17(15(4)13-16)24-19-20(23(5,6)7)26-29-22(19)25-21(27-29)14(2)3/h9-10,13-14H,8,11-12H2,1-7H3,(H,30,31). The van der Waals surface area contributed by atoms with Crippen LogP contribution in [0.15, 0.2) is 28.3 Å². The number of nitrogens with zero attached hydrogens (tertiary/aromatic N) is 6. The van der Waals surface area contributed by atoms with Gasteiger partial charge in [0.25, 0.3) is 0 Å². The third-order valence-corrected chi connectivity index (χ3v) is 5.22. The van der Waals surface area contributed by atoms with Crippen LogP contribution in [0, 0.1) is 12.3 Å². The predicted molar refractivity (Wildman–Crippen MR) is 124 cm³/mol. The van der Waals surface area contributed by atoms with E-state index in [0.29, 0.717) is 12.4 Å². The van der Waals surface area contributed by atoms with Crippen LogP contribution >= 0.6 is 0 Å². The summed E-state index contributed by atoms with van der Waals surface area (Å²) < 4.78 is 0. The van der Waals surface area contributed by atoms with E-state index in [1.807, 2.05) is 26.0 Å². The van der Waals surface area contributed by atoms with Crippen LogP contribution < -0.4 is 4.90 Å². The molecule has 0 amide bonds. The molecule has 0 radical (unpaired) electrons. The van der Waals surface area contributed by atoms with Gasteiger partial charge >= 0.3 is 5.97 Å². The molecule has 1 aromatic carbocycles. The van der Waals surface area contributed by atoms with Gasteiger partial charge < -0.3 is 10.0 Å². The molecule has 0 atom stereocenters. The maximum absolute atomic E-state index is 11.0. The van der Waals surface area contributed by atoms with Crippen molar-refractivity contribution in [1.29, 1.82) is 0 Å². The number of carboxylic acid groups (broad SMARTS) is 1. The minimum absolute atomic E-state index is 0.107. The van der Waals surface area contributed by atoms with E-state index in [2.05, 4.69) is 50.7 Å². The van der Waals surface area contributed by atoms with Crippen LogP contribution in [0.1, 0.15) is 71.1 Å². The molecule has 0 spiro atoms. The molecule has 0 saturated carbocycles. The van der Waals surface area contributed by atoms with Crippen LogP contribution in [0.25, 0.3) is 0 Å². The molecule has 0 bridgehead atoms. The average Bonchev–Trinajstić information content (AvgIpc) is 3.23. The molecule has 2 heterocycles. The number of carboxylic acids is 1. The fraction of sp³-hybridized carbons (Fsp3) is 0.522. The van der Waals surface area contributed by atoms with Gasteiger partial charge in [-0.2, -0.15) is 5.10 Å². The Hall–Kier alpha value is -3.03. The molecule has 2 aromatic rings. The van der Waals surface area contributed by atoms with Crippen LogP contribution in [0.3, 0.4) is 0 Å². The van der Waals surface area contributed by atoms with Crippen molar-refractivity contribution in [2.24, 2.45) is 15.5 Å². The van der Waals surface area contributed by atoms with E-state index in [0.717, 1.165) is 40.7 Å². The summed E-state index contributed by atoms with van der Waals surface area (Å²) in [7, 11) is 0. The Morgan fingerprint density at radius 1 is 1.29 bits per heavy atom. The summed E-state index contributed by atoms with van der Waals surface area (Å²) in [5.41, 5.74) is 4.25. The van der Waals surface area contributed by atoms with Crippen LogP contribution in [0.2, 0.25) is 0 Å². The number of hydrogen-bond acceptors (Lipinski definition) is 6. The van der Waals surface area contributed by atoms with Gasteiger partial charge in [0.05, 0.1) is 17.8 Å². The summed E-state index contributed by atoms with van der Waals surface area (Å²) in [6.07, 6.45) is 0.107. The van der Waals surface area contributed by atoms with Crippen molar-refractivity contribution < 1.29 is 9.90 Å². The van der Waals surface area contributed by atoms with E-state index in [4.69, 9.17) is 20.2 Å². The first-order valence-corrected chi connectivity index (χ1v) is 10.7. The molecular formula is C23H32N6O2. The van der Waals surface area contributed by atoms with Gasteiger partial charge in [-0.15, -0.1) is 9.89 Å². The highest BCUT2D eigenvalue weighted by atomic mass is 16.4. The van der Waals surface area contributed by atoms with E-state index in [1.165, 1.54) is 0 Å². The van der Waals surface area contributed by atoms with Crippen molar-refractivity contribution in [1.82, 2.24) is 14.9 Å². The lowest BCUT2D eigenvalue weighted by Gasteiger charge is -2.23. The second kappa shape index (κ2) is 8.61. The second-order valence-electron chi connectivity index (χ2n) is 9.19. The SMILES string of the molecule is CCN(CCC(=O)O)c1ccc(N=C2C(C(C)(C)C)=Nn3nc(C(C)C)nc32)c(C)c1. The number of rotatable bonds is 7. The molecule has 0 aliphatic carbocycles. The Balaban J connectivity index is 2.00. The summed E-state index contributed by atoms with van der Waals surface area (Å²) in [6, 6.07) is 6.02. The smallest absolute Gasteiger partial charge is 0.305 e. The molecule has 166 valence electrons. The van der Waals surface area contributed by atoms with Gasteiger partial charge in [-0.25, -0.2) is 9.98 Å². The number of fused-ring (bicyclic) bond motifs is 1. The molecule has 0 unspecified atom stereocenters. The summed E-state index contributed by atoms with van der Waals surface area (Å²) in [5, 5.41) is 18.2. The monoisotopic (exact) mass is 424 g/mol. The van der Waals surface area contributed by atoms with Gasteiger partial charge in [-0.05, 0) is 37.6 Å². The zero-order chi connectivity index (χ0) is 22.9. The lowest BCUT2D eigenvalue weighted by atomic mass is 9.87. The number of aliphatic imine (C=N–C) groups is 1. The highest BCUT2D eigenvalue weighted by molar-refractivity contribution is 6.50. The number of carbonyl (C=O) groups is 1. The number of aliphatic carboxylic acids is 1. The molecule has 1 aliphatic heterocycles.